The van der Waals surface area contributed by atoms with Gasteiger partial charge >= 0.3 is 0 Å². The van der Waals surface area contributed by atoms with Crippen LogP contribution in [-0.4, -0.2) is 21.1 Å². The predicted molar refractivity (Wildman–Crippen MR) is 87.1 cm³/mol. The first-order chi connectivity index (χ1) is 11.1. The summed E-state index contributed by atoms with van der Waals surface area (Å²) in [6.45, 7) is 0. The third kappa shape index (κ3) is 2.87. The Kier molecular flexibility index (Phi) is 3.73. The lowest BCUT2D eigenvalue weighted by Crippen LogP contribution is -2.04. The second kappa shape index (κ2) is 5.85. The molecule has 3 N–H and O–H groups in total. The summed E-state index contributed by atoms with van der Waals surface area (Å²) in [4.78, 5) is 11.4. The SMILES string of the molecule is O=C1C=C/C(=C(/c2ccccc2)c2ccc(O)c(O)c2)C=C1O. The number of benzene rings is 2. The fraction of sp³-hybridized carbons (Fsp3) is 0. The number of aliphatic hydroxyl groups is 1. The maximum atomic E-state index is 11.4. The van der Waals surface area contributed by atoms with Crippen LogP contribution in [0.1, 0.15) is 11.1 Å². The van der Waals surface area contributed by atoms with Crippen molar-refractivity contribution in [3.05, 3.63) is 89.2 Å². The Morgan fingerprint density at radius 1 is 0.783 bits per heavy atom. The minimum Gasteiger partial charge on any atom is -0.504 e. The fourth-order valence-corrected chi connectivity index (χ4v) is 2.46. The standard InChI is InChI=1S/C19H14O4/c20-15-8-6-13(10-17(15)22)19(12-4-2-1-3-5-12)14-7-9-16(21)18(23)11-14/h1-11,20,22-23H/b19-14+. The van der Waals surface area contributed by atoms with Gasteiger partial charge in [-0.05, 0) is 46.6 Å². The zero-order valence-electron chi connectivity index (χ0n) is 12.1. The zero-order chi connectivity index (χ0) is 16.4. The smallest absolute Gasteiger partial charge is 0.220 e. The van der Waals surface area contributed by atoms with Gasteiger partial charge in [0.1, 0.15) is 0 Å². The minimum absolute atomic E-state index is 0.209. The average Bonchev–Trinajstić information content (AvgIpc) is 2.55. The lowest BCUT2D eigenvalue weighted by molar-refractivity contribution is -0.113. The van der Waals surface area contributed by atoms with Crippen molar-refractivity contribution >= 4 is 11.4 Å². The Morgan fingerprint density at radius 2 is 1.52 bits per heavy atom. The Balaban J connectivity index is 2.26. The first-order valence-corrected chi connectivity index (χ1v) is 7.01. The van der Waals surface area contributed by atoms with Crippen molar-refractivity contribution < 1.29 is 20.1 Å². The number of allylic oxidation sites excluding steroid dienone is 4. The van der Waals surface area contributed by atoms with Crippen LogP contribution in [0.25, 0.3) is 5.57 Å². The monoisotopic (exact) mass is 306 g/mol. The molecule has 0 saturated carbocycles. The van der Waals surface area contributed by atoms with E-state index in [0.717, 1.165) is 11.1 Å². The number of phenolic OH excluding ortho intramolecular Hbond substituents is 2. The van der Waals surface area contributed by atoms with Gasteiger partial charge in [0.2, 0.25) is 5.78 Å². The molecule has 2 aromatic rings. The lowest BCUT2D eigenvalue weighted by atomic mass is 9.90. The van der Waals surface area contributed by atoms with Crippen LogP contribution in [0.5, 0.6) is 11.5 Å². The van der Waals surface area contributed by atoms with Crippen molar-refractivity contribution in [1.29, 1.82) is 0 Å². The van der Waals surface area contributed by atoms with Crippen LogP contribution < -0.4 is 0 Å². The zero-order valence-corrected chi connectivity index (χ0v) is 12.1. The molecule has 114 valence electrons. The number of aliphatic hydroxyl groups excluding tert-OH is 1. The molecule has 3 rings (SSSR count). The molecule has 0 aromatic heterocycles. The molecule has 0 spiro atoms. The number of phenols is 2. The number of carbonyl (C=O) groups excluding carboxylic acids is 1. The van der Waals surface area contributed by atoms with Crippen molar-refractivity contribution in [2.45, 2.75) is 0 Å². The molecule has 23 heavy (non-hydrogen) atoms. The number of hydrogen-bond donors (Lipinski definition) is 3. The van der Waals surface area contributed by atoms with Crippen LogP contribution in [0.3, 0.4) is 0 Å². The molecule has 4 heteroatoms. The second-order valence-electron chi connectivity index (χ2n) is 5.13. The van der Waals surface area contributed by atoms with E-state index in [1.54, 1.807) is 12.1 Å². The number of ketones is 1. The highest BCUT2D eigenvalue weighted by Crippen LogP contribution is 2.34. The number of carbonyl (C=O) groups is 1. The van der Waals surface area contributed by atoms with Crippen LogP contribution in [-0.2, 0) is 4.79 Å². The number of aromatic hydroxyl groups is 2. The summed E-state index contributed by atoms with van der Waals surface area (Å²) in [5.41, 5.74) is 2.88. The number of hydrogen-bond acceptors (Lipinski definition) is 4. The van der Waals surface area contributed by atoms with Gasteiger partial charge in [0, 0.05) is 0 Å². The first-order valence-electron chi connectivity index (χ1n) is 7.01. The van der Waals surface area contributed by atoms with Gasteiger partial charge in [0.25, 0.3) is 0 Å². The first kappa shape index (κ1) is 14.7. The molecule has 0 heterocycles. The van der Waals surface area contributed by atoms with Gasteiger partial charge in [-0.25, -0.2) is 0 Å². The molecule has 1 aliphatic rings. The van der Waals surface area contributed by atoms with E-state index >= 15 is 0 Å². The topological polar surface area (TPSA) is 77.8 Å². The lowest BCUT2D eigenvalue weighted by Gasteiger charge is -2.14. The van der Waals surface area contributed by atoms with Gasteiger partial charge < -0.3 is 15.3 Å². The fourth-order valence-electron chi connectivity index (χ4n) is 2.46. The predicted octanol–water partition coefficient (Wildman–Crippen LogP) is 3.48. The second-order valence-corrected chi connectivity index (χ2v) is 5.13. The summed E-state index contributed by atoms with van der Waals surface area (Å²) < 4.78 is 0. The molecular weight excluding hydrogens is 292 g/mol. The normalized spacial score (nSPS) is 16.2. The third-order valence-corrected chi connectivity index (χ3v) is 3.57. The van der Waals surface area contributed by atoms with E-state index in [2.05, 4.69) is 0 Å². The van der Waals surface area contributed by atoms with Crippen LogP contribution in [0.2, 0.25) is 0 Å². The van der Waals surface area contributed by atoms with Gasteiger partial charge in [-0.3, -0.25) is 4.79 Å². The maximum absolute atomic E-state index is 11.4. The molecule has 0 aliphatic heterocycles. The Labute approximate surface area is 133 Å². The average molecular weight is 306 g/mol. The van der Waals surface area contributed by atoms with Gasteiger partial charge in [-0.1, -0.05) is 42.5 Å². The highest BCUT2D eigenvalue weighted by atomic mass is 16.3. The molecule has 0 saturated heterocycles. The van der Waals surface area contributed by atoms with E-state index in [1.165, 1.54) is 24.3 Å². The minimum atomic E-state index is -0.449. The van der Waals surface area contributed by atoms with Crippen LogP contribution in [0.15, 0.2) is 78.1 Å². The van der Waals surface area contributed by atoms with E-state index in [9.17, 15) is 20.1 Å². The summed E-state index contributed by atoms with van der Waals surface area (Å²) in [5, 5.41) is 29.0. The van der Waals surface area contributed by atoms with E-state index in [-0.39, 0.29) is 17.3 Å². The van der Waals surface area contributed by atoms with Gasteiger partial charge in [-0.15, -0.1) is 0 Å². The molecule has 0 bridgehead atoms. The number of rotatable bonds is 2. The largest absolute Gasteiger partial charge is 0.504 e. The molecule has 0 amide bonds. The summed E-state index contributed by atoms with van der Waals surface area (Å²) in [5.74, 6) is -1.23. The van der Waals surface area contributed by atoms with Crippen molar-refractivity contribution in [2.24, 2.45) is 0 Å². The van der Waals surface area contributed by atoms with E-state index in [1.807, 2.05) is 30.3 Å². The van der Waals surface area contributed by atoms with Gasteiger partial charge in [0.15, 0.2) is 17.3 Å². The van der Waals surface area contributed by atoms with Crippen LogP contribution in [0.4, 0.5) is 0 Å². The Bertz CT molecular complexity index is 858. The van der Waals surface area contributed by atoms with Crippen LogP contribution >= 0.6 is 0 Å². The Morgan fingerprint density at radius 3 is 2.17 bits per heavy atom. The quantitative estimate of drug-likeness (QED) is 0.742. The molecule has 4 nitrogen and oxygen atoms in total. The summed E-state index contributed by atoms with van der Waals surface area (Å²) >= 11 is 0. The molecule has 2 aromatic carbocycles. The molecule has 1 aliphatic carbocycles. The summed E-state index contributed by atoms with van der Waals surface area (Å²) in [6, 6.07) is 13.9. The van der Waals surface area contributed by atoms with Gasteiger partial charge in [-0.2, -0.15) is 0 Å². The Hall–Kier alpha value is -3.27. The van der Waals surface area contributed by atoms with Crippen LogP contribution in [0, 0.1) is 0 Å². The van der Waals surface area contributed by atoms with Crippen molar-refractivity contribution in [3.8, 4) is 11.5 Å². The summed E-state index contributed by atoms with van der Waals surface area (Å²) in [6.07, 6.45) is 4.32. The van der Waals surface area contributed by atoms with E-state index in [0.29, 0.717) is 11.1 Å². The molecule has 0 unspecified atom stereocenters. The van der Waals surface area contributed by atoms with Crippen molar-refractivity contribution in [2.75, 3.05) is 0 Å². The maximum Gasteiger partial charge on any atom is 0.220 e. The highest BCUT2D eigenvalue weighted by Gasteiger charge is 2.16. The third-order valence-electron chi connectivity index (χ3n) is 3.57. The summed E-state index contributed by atoms with van der Waals surface area (Å²) in [7, 11) is 0. The molecular formula is C19H14O4. The molecule has 0 atom stereocenters. The van der Waals surface area contributed by atoms with E-state index < -0.39 is 5.78 Å². The van der Waals surface area contributed by atoms with Crippen molar-refractivity contribution in [1.82, 2.24) is 0 Å². The molecule has 0 radical (unpaired) electrons. The van der Waals surface area contributed by atoms with Gasteiger partial charge in [0.05, 0.1) is 0 Å². The highest BCUT2D eigenvalue weighted by molar-refractivity contribution is 6.05. The molecule has 0 fully saturated rings. The van der Waals surface area contributed by atoms with E-state index in [4.69, 9.17) is 0 Å². The van der Waals surface area contributed by atoms with Crippen molar-refractivity contribution in [3.63, 3.8) is 0 Å².